The Balaban J connectivity index is 0.000000357. The van der Waals surface area contributed by atoms with Crippen LogP contribution >= 0.6 is 0 Å². The summed E-state index contributed by atoms with van der Waals surface area (Å²) in [6.45, 7) is 4.45. The fraction of sp³-hybridized carbons (Fsp3) is 0.167. The molecule has 8 heteroatoms. The van der Waals surface area contributed by atoms with Gasteiger partial charge in [0.05, 0.1) is 5.69 Å². The quantitative estimate of drug-likeness (QED) is 0.257. The highest BCUT2D eigenvalue weighted by Gasteiger charge is 2.04. The first-order valence-corrected chi connectivity index (χ1v) is 9.87. The van der Waals surface area contributed by atoms with E-state index in [9.17, 15) is 9.59 Å². The number of hydrogen-bond acceptors (Lipinski definition) is 6. The summed E-state index contributed by atoms with van der Waals surface area (Å²) < 4.78 is 0. The Bertz CT molecular complexity index is 1030. The van der Waals surface area contributed by atoms with Gasteiger partial charge in [0.2, 0.25) is 0 Å². The zero-order valence-electron chi connectivity index (χ0n) is 18.3. The molecule has 2 amide bonds. The maximum absolute atomic E-state index is 10.8. The van der Waals surface area contributed by atoms with Crippen molar-refractivity contribution >= 4 is 35.1 Å². The third-order valence-electron chi connectivity index (χ3n) is 4.11. The molecule has 0 aliphatic rings. The summed E-state index contributed by atoms with van der Waals surface area (Å²) in [7, 11) is 3.72. The molecule has 0 fully saturated rings. The summed E-state index contributed by atoms with van der Waals surface area (Å²) in [6.07, 6.45) is 2.60. The largest absolute Gasteiger partial charge is 0.388 e. The number of carbonyl (C=O) groups excluding carboxylic acids is 3. The molecule has 0 unspecified atom stereocenters. The van der Waals surface area contributed by atoms with E-state index in [1.54, 1.807) is 6.07 Å². The molecule has 0 bridgehead atoms. The first-order valence-electron chi connectivity index (χ1n) is 9.87. The first-order chi connectivity index (χ1) is 15.5. The Hall–Kier alpha value is -4.04. The molecule has 3 rings (SSSR count). The summed E-state index contributed by atoms with van der Waals surface area (Å²) in [5, 5.41) is 10.8. The molecule has 0 spiro atoms. The third kappa shape index (κ3) is 8.76. The van der Waals surface area contributed by atoms with Crippen LogP contribution in [0.4, 0.5) is 10.5 Å². The van der Waals surface area contributed by atoms with Gasteiger partial charge in [0.25, 0.3) is 0 Å². The van der Waals surface area contributed by atoms with Crippen molar-refractivity contribution in [1.29, 1.82) is 0 Å². The molecule has 0 saturated heterocycles. The van der Waals surface area contributed by atoms with Crippen LogP contribution in [0.5, 0.6) is 0 Å². The third-order valence-corrected chi connectivity index (χ3v) is 4.11. The van der Waals surface area contributed by atoms with Gasteiger partial charge in [0.15, 0.2) is 6.29 Å². The van der Waals surface area contributed by atoms with E-state index in [1.807, 2.05) is 44.4 Å². The number of carbonyl (C=O) groups is 3. The number of aromatic nitrogens is 1. The standard InChI is InChI=1S/C17H14N2O.C4H11N3O.C3H4O/c1-18-17-7-2-4-12-8-9-13(10-15(12)17)16-6-3-5-14(11-20)19-16;1-6-2-3-7-4(5)8;1-2-3-4/h2-11,18H,1H3;6H,2-3H2,1H3,(H3,5,7,8);2-3H,1H2. The van der Waals surface area contributed by atoms with Gasteiger partial charge in [0.1, 0.15) is 12.0 Å². The second-order valence-electron chi connectivity index (χ2n) is 6.32. The zero-order valence-corrected chi connectivity index (χ0v) is 18.3. The molecule has 0 radical (unpaired) electrons. The fourth-order valence-corrected chi connectivity index (χ4v) is 2.64. The molecule has 0 aliphatic heterocycles. The number of primary amides is 1. The van der Waals surface area contributed by atoms with Gasteiger partial charge in [-0.25, -0.2) is 9.78 Å². The maximum Gasteiger partial charge on any atom is 0.312 e. The number of urea groups is 1. The lowest BCUT2D eigenvalue weighted by atomic mass is 10.0. The van der Waals surface area contributed by atoms with Crippen LogP contribution in [-0.2, 0) is 4.79 Å². The number of nitrogens with one attached hydrogen (secondary N) is 3. The molecule has 5 N–H and O–H groups in total. The average molecular weight is 436 g/mol. The Labute approximate surface area is 187 Å². The van der Waals surface area contributed by atoms with Crippen LogP contribution in [0.2, 0.25) is 0 Å². The number of allylic oxidation sites excluding steroid dienone is 1. The van der Waals surface area contributed by atoms with Crippen LogP contribution in [-0.4, -0.2) is 50.8 Å². The van der Waals surface area contributed by atoms with E-state index in [0.717, 1.165) is 35.2 Å². The van der Waals surface area contributed by atoms with Crippen LogP contribution < -0.4 is 21.7 Å². The number of hydrogen-bond donors (Lipinski definition) is 4. The predicted octanol–water partition coefficient (Wildman–Crippen LogP) is 3.00. The van der Waals surface area contributed by atoms with E-state index >= 15 is 0 Å². The highest BCUT2D eigenvalue weighted by Crippen LogP contribution is 2.28. The fourth-order valence-electron chi connectivity index (χ4n) is 2.64. The van der Waals surface area contributed by atoms with Crippen molar-refractivity contribution in [2.75, 3.05) is 32.5 Å². The number of fused-ring (bicyclic) bond motifs is 1. The lowest BCUT2D eigenvalue weighted by molar-refractivity contribution is -0.104. The number of nitrogens with zero attached hydrogens (tertiary/aromatic N) is 1. The number of aldehydes is 2. The van der Waals surface area contributed by atoms with Gasteiger partial charge in [-0.05, 0) is 42.8 Å². The summed E-state index contributed by atoms with van der Waals surface area (Å²) in [5.74, 6) is 0. The van der Waals surface area contributed by atoms with Crippen LogP contribution in [0, 0.1) is 0 Å². The van der Waals surface area contributed by atoms with Crippen molar-refractivity contribution in [3.05, 3.63) is 72.9 Å². The molecule has 0 atom stereocenters. The second kappa shape index (κ2) is 14.9. The van der Waals surface area contributed by atoms with E-state index in [-0.39, 0.29) is 0 Å². The Morgan fingerprint density at radius 2 is 1.78 bits per heavy atom. The lowest BCUT2D eigenvalue weighted by Gasteiger charge is -2.08. The molecular formula is C24H29N5O3. The van der Waals surface area contributed by atoms with Crippen molar-refractivity contribution in [3.63, 3.8) is 0 Å². The number of anilines is 1. The number of rotatable bonds is 7. The zero-order chi connectivity index (χ0) is 23.8. The molecule has 1 heterocycles. The summed E-state index contributed by atoms with van der Waals surface area (Å²) >= 11 is 0. The SMILES string of the molecule is C=CC=O.CNCCNC(N)=O.CNc1cccc2ccc(-c3cccc(C=O)n3)cc12. The molecule has 8 nitrogen and oxygen atoms in total. The highest BCUT2D eigenvalue weighted by molar-refractivity contribution is 5.96. The molecule has 32 heavy (non-hydrogen) atoms. The van der Waals surface area contributed by atoms with Crippen molar-refractivity contribution < 1.29 is 14.4 Å². The number of pyridine rings is 1. The van der Waals surface area contributed by atoms with Crippen molar-refractivity contribution in [2.45, 2.75) is 0 Å². The number of amides is 2. The predicted molar refractivity (Wildman–Crippen MR) is 130 cm³/mol. The number of likely N-dealkylation sites (N-methyl/N-ethyl adjacent to an activating group) is 1. The molecule has 0 saturated carbocycles. The average Bonchev–Trinajstić information content (AvgIpc) is 2.84. The molecule has 1 aromatic heterocycles. The van der Waals surface area contributed by atoms with Gasteiger partial charge in [-0.1, -0.05) is 36.9 Å². The molecule has 3 aromatic rings. The number of nitrogens with two attached hydrogens (primary N) is 1. The Morgan fingerprint density at radius 3 is 2.38 bits per heavy atom. The van der Waals surface area contributed by atoms with Crippen LogP contribution in [0.15, 0.2) is 67.3 Å². The Morgan fingerprint density at radius 1 is 1.06 bits per heavy atom. The summed E-state index contributed by atoms with van der Waals surface area (Å²) in [6, 6.07) is 17.3. The van der Waals surface area contributed by atoms with E-state index in [2.05, 4.69) is 45.7 Å². The van der Waals surface area contributed by atoms with E-state index in [1.165, 1.54) is 11.5 Å². The monoisotopic (exact) mass is 435 g/mol. The topological polar surface area (TPSA) is 126 Å². The van der Waals surface area contributed by atoms with Gasteiger partial charge in [-0.2, -0.15) is 0 Å². The van der Waals surface area contributed by atoms with Crippen molar-refractivity contribution in [2.24, 2.45) is 5.73 Å². The second-order valence-corrected chi connectivity index (χ2v) is 6.32. The first kappa shape index (κ1) is 26.0. The van der Waals surface area contributed by atoms with E-state index in [4.69, 9.17) is 10.5 Å². The molecule has 168 valence electrons. The Kier molecular flexibility index (Phi) is 12.1. The molecule has 2 aromatic carbocycles. The lowest BCUT2D eigenvalue weighted by Crippen LogP contribution is -2.34. The van der Waals surface area contributed by atoms with Gasteiger partial charge in [-0.3, -0.25) is 9.59 Å². The van der Waals surface area contributed by atoms with E-state index in [0.29, 0.717) is 18.5 Å². The van der Waals surface area contributed by atoms with Crippen molar-refractivity contribution in [3.8, 4) is 11.3 Å². The normalized spacial score (nSPS) is 9.31. The minimum Gasteiger partial charge on any atom is -0.388 e. The van der Waals surface area contributed by atoms with Crippen molar-refractivity contribution in [1.82, 2.24) is 15.6 Å². The highest BCUT2D eigenvalue weighted by atomic mass is 16.2. The minimum atomic E-state index is -0.472. The van der Waals surface area contributed by atoms with E-state index < -0.39 is 6.03 Å². The summed E-state index contributed by atoms with van der Waals surface area (Å²) in [5.41, 5.74) is 8.09. The molecular weight excluding hydrogens is 406 g/mol. The van der Waals surface area contributed by atoms with Crippen LogP contribution in [0.1, 0.15) is 10.5 Å². The van der Waals surface area contributed by atoms with Gasteiger partial charge in [0, 0.05) is 36.8 Å². The minimum absolute atomic E-state index is 0.449. The number of benzene rings is 2. The molecule has 0 aliphatic carbocycles. The maximum atomic E-state index is 10.8. The summed E-state index contributed by atoms with van der Waals surface area (Å²) in [4.78, 5) is 34.2. The van der Waals surface area contributed by atoms with Crippen LogP contribution in [0.3, 0.4) is 0 Å². The van der Waals surface area contributed by atoms with Gasteiger partial charge in [-0.15, -0.1) is 0 Å². The smallest absolute Gasteiger partial charge is 0.312 e. The van der Waals surface area contributed by atoms with Gasteiger partial charge >= 0.3 is 6.03 Å². The van der Waals surface area contributed by atoms with Crippen LogP contribution in [0.25, 0.3) is 22.0 Å². The van der Waals surface area contributed by atoms with Gasteiger partial charge < -0.3 is 21.7 Å².